The Hall–Kier alpha value is -2.89. The van der Waals surface area contributed by atoms with E-state index in [2.05, 4.69) is 10.5 Å². The number of para-hydroxylation sites is 1. The second-order valence-corrected chi connectivity index (χ2v) is 4.92. The molecule has 126 valence electrons. The Morgan fingerprint density at radius 1 is 1.17 bits per heavy atom. The molecule has 0 bridgehead atoms. The van der Waals surface area contributed by atoms with Crippen molar-refractivity contribution in [2.45, 2.75) is 13.3 Å². The van der Waals surface area contributed by atoms with Gasteiger partial charge in [-0.1, -0.05) is 19.1 Å². The molecule has 0 radical (unpaired) electrons. The predicted octanol–water partition coefficient (Wildman–Crippen LogP) is 3.14. The summed E-state index contributed by atoms with van der Waals surface area (Å²) in [5.74, 6) is 0.344. The van der Waals surface area contributed by atoms with Crippen molar-refractivity contribution in [1.29, 1.82) is 0 Å². The largest absolute Gasteiger partial charge is 0.493 e. The van der Waals surface area contributed by atoms with Crippen molar-refractivity contribution in [2.75, 3.05) is 13.2 Å². The van der Waals surface area contributed by atoms with Crippen LogP contribution in [0, 0.1) is 5.82 Å². The highest BCUT2D eigenvalue weighted by atomic mass is 19.1. The van der Waals surface area contributed by atoms with Crippen molar-refractivity contribution in [1.82, 2.24) is 5.43 Å². The van der Waals surface area contributed by atoms with Crippen LogP contribution in [0.4, 0.5) is 4.39 Å². The Labute approximate surface area is 140 Å². The summed E-state index contributed by atoms with van der Waals surface area (Å²) in [6, 6.07) is 12.8. The molecule has 0 saturated carbocycles. The van der Waals surface area contributed by atoms with E-state index in [1.807, 2.05) is 31.2 Å². The second-order valence-electron chi connectivity index (χ2n) is 4.92. The quantitative estimate of drug-likeness (QED) is 0.597. The van der Waals surface area contributed by atoms with Gasteiger partial charge in [0, 0.05) is 5.56 Å². The molecule has 0 fully saturated rings. The molecule has 2 aromatic rings. The zero-order valence-corrected chi connectivity index (χ0v) is 13.4. The minimum Gasteiger partial charge on any atom is -0.493 e. The molecule has 1 amide bonds. The maximum Gasteiger partial charge on any atom is 0.277 e. The summed E-state index contributed by atoms with van der Waals surface area (Å²) in [7, 11) is 0. The first-order chi connectivity index (χ1) is 11.7. The van der Waals surface area contributed by atoms with Crippen LogP contribution in [0.1, 0.15) is 18.9 Å². The lowest BCUT2D eigenvalue weighted by Crippen LogP contribution is -2.24. The van der Waals surface area contributed by atoms with E-state index in [9.17, 15) is 9.18 Å². The molecule has 0 aliphatic heterocycles. The smallest absolute Gasteiger partial charge is 0.277 e. The lowest BCUT2D eigenvalue weighted by Gasteiger charge is -2.07. The number of ether oxygens (including phenoxy) is 2. The van der Waals surface area contributed by atoms with E-state index >= 15 is 0 Å². The summed E-state index contributed by atoms with van der Waals surface area (Å²) >= 11 is 0. The minimum absolute atomic E-state index is 0.211. The number of hydrogen-bond donors (Lipinski definition) is 1. The number of hydrogen-bond acceptors (Lipinski definition) is 4. The van der Waals surface area contributed by atoms with Crippen molar-refractivity contribution in [3.05, 3.63) is 59.9 Å². The molecule has 24 heavy (non-hydrogen) atoms. The summed E-state index contributed by atoms with van der Waals surface area (Å²) in [6.45, 7) is 2.43. The molecule has 2 aromatic carbocycles. The molecule has 0 aliphatic rings. The van der Waals surface area contributed by atoms with Gasteiger partial charge in [0.05, 0.1) is 12.8 Å². The van der Waals surface area contributed by atoms with Crippen molar-refractivity contribution >= 4 is 12.1 Å². The van der Waals surface area contributed by atoms with E-state index in [-0.39, 0.29) is 12.4 Å². The number of halogens is 1. The highest BCUT2D eigenvalue weighted by Gasteiger charge is 2.03. The third-order valence-corrected chi connectivity index (χ3v) is 2.96. The lowest BCUT2D eigenvalue weighted by atomic mass is 10.2. The Morgan fingerprint density at radius 2 is 1.92 bits per heavy atom. The molecule has 0 heterocycles. The van der Waals surface area contributed by atoms with Crippen molar-refractivity contribution < 1.29 is 18.7 Å². The van der Waals surface area contributed by atoms with Crippen LogP contribution < -0.4 is 14.9 Å². The third-order valence-electron chi connectivity index (χ3n) is 2.96. The van der Waals surface area contributed by atoms with E-state index in [4.69, 9.17) is 9.47 Å². The first-order valence-corrected chi connectivity index (χ1v) is 7.61. The molecule has 1 N–H and O–H groups in total. The number of rotatable bonds is 8. The molecule has 2 rings (SSSR count). The predicted molar refractivity (Wildman–Crippen MR) is 89.9 cm³/mol. The monoisotopic (exact) mass is 330 g/mol. The normalized spacial score (nSPS) is 10.6. The van der Waals surface area contributed by atoms with Gasteiger partial charge in [0.1, 0.15) is 17.3 Å². The zero-order chi connectivity index (χ0) is 17.2. The topological polar surface area (TPSA) is 59.9 Å². The lowest BCUT2D eigenvalue weighted by molar-refractivity contribution is -0.123. The fourth-order valence-electron chi connectivity index (χ4n) is 1.82. The molecule has 0 unspecified atom stereocenters. The van der Waals surface area contributed by atoms with Crippen LogP contribution in [0.5, 0.6) is 11.5 Å². The SMILES string of the molecule is CCCOc1ccccc1C=NNC(=O)COc1ccc(F)cc1. The van der Waals surface area contributed by atoms with Gasteiger partial charge in [0.2, 0.25) is 0 Å². The molecule has 0 spiro atoms. The first-order valence-electron chi connectivity index (χ1n) is 7.61. The summed E-state index contributed by atoms with van der Waals surface area (Å²) in [5.41, 5.74) is 3.14. The Bertz CT molecular complexity index is 687. The van der Waals surface area contributed by atoms with Gasteiger partial charge in [-0.25, -0.2) is 9.82 Å². The van der Waals surface area contributed by atoms with Gasteiger partial charge < -0.3 is 9.47 Å². The number of benzene rings is 2. The first kappa shape index (κ1) is 17.5. The highest BCUT2D eigenvalue weighted by Crippen LogP contribution is 2.15. The fraction of sp³-hybridized carbons (Fsp3) is 0.222. The average molecular weight is 330 g/mol. The van der Waals surface area contributed by atoms with Gasteiger partial charge in [-0.2, -0.15) is 5.10 Å². The van der Waals surface area contributed by atoms with Gasteiger partial charge in [-0.3, -0.25) is 4.79 Å². The van der Waals surface area contributed by atoms with Crippen LogP contribution in [0.2, 0.25) is 0 Å². The van der Waals surface area contributed by atoms with Gasteiger partial charge in [-0.15, -0.1) is 0 Å². The average Bonchev–Trinajstić information content (AvgIpc) is 2.60. The Balaban J connectivity index is 1.82. The maximum atomic E-state index is 12.8. The highest BCUT2D eigenvalue weighted by molar-refractivity contribution is 5.85. The second kappa shape index (κ2) is 9.29. The number of carbonyl (C=O) groups excluding carboxylic acids is 1. The van der Waals surface area contributed by atoms with Crippen molar-refractivity contribution in [3.8, 4) is 11.5 Å². The van der Waals surface area contributed by atoms with Crippen LogP contribution in [-0.2, 0) is 4.79 Å². The van der Waals surface area contributed by atoms with Gasteiger partial charge in [0.15, 0.2) is 6.61 Å². The molecule has 0 atom stereocenters. The van der Waals surface area contributed by atoms with Gasteiger partial charge >= 0.3 is 0 Å². The van der Waals surface area contributed by atoms with E-state index in [0.717, 1.165) is 12.0 Å². The van der Waals surface area contributed by atoms with E-state index in [1.165, 1.54) is 30.5 Å². The van der Waals surface area contributed by atoms with Crippen LogP contribution in [0.25, 0.3) is 0 Å². The van der Waals surface area contributed by atoms with Gasteiger partial charge in [-0.05, 0) is 42.8 Å². The third kappa shape index (κ3) is 5.72. The van der Waals surface area contributed by atoms with Crippen molar-refractivity contribution in [3.63, 3.8) is 0 Å². The molecule has 6 heteroatoms. The number of nitrogens with one attached hydrogen (secondary N) is 1. The number of hydrazone groups is 1. The molecular weight excluding hydrogens is 311 g/mol. The van der Waals surface area contributed by atoms with E-state index < -0.39 is 5.91 Å². The van der Waals surface area contributed by atoms with Crippen LogP contribution in [0.15, 0.2) is 53.6 Å². The van der Waals surface area contributed by atoms with Crippen LogP contribution in [0.3, 0.4) is 0 Å². The molecule has 0 saturated heterocycles. The minimum atomic E-state index is -0.414. The molecule has 5 nitrogen and oxygen atoms in total. The van der Waals surface area contributed by atoms with Crippen LogP contribution in [-0.4, -0.2) is 25.3 Å². The summed E-state index contributed by atoms with van der Waals surface area (Å²) in [6.07, 6.45) is 2.42. The zero-order valence-electron chi connectivity index (χ0n) is 13.4. The maximum absolute atomic E-state index is 12.8. The van der Waals surface area contributed by atoms with E-state index in [0.29, 0.717) is 18.1 Å². The van der Waals surface area contributed by atoms with Crippen LogP contribution >= 0.6 is 0 Å². The molecule has 0 aromatic heterocycles. The standard InChI is InChI=1S/C18H19FN2O3/c1-2-11-23-17-6-4-3-5-14(17)12-20-21-18(22)13-24-16-9-7-15(19)8-10-16/h3-10,12H,2,11,13H2,1H3,(H,21,22). The Morgan fingerprint density at radius 3 is 2.67 bits per heavy atom. The summed E-state index contributed by atoms with van der Waals surface area (Å²) in [5, 5.41) is 3.89. The summed E-state index contributed by atoms with van der Waals surface area (Å²) < 4.78 is 23.6. The van der Waals surface area contributed by atoms with Gasteiger partial charge in [0.25, 0.3) is 5.91 Å². The number of carbonyl (C=O) groups is 1. The number of nitrogens with zero attached hydrogens (tertiary/aromatic N) is 1. The fourth-order valence-corrected chi connectivity index (χ4v) is 1.82. The molecule has 0 aliphatic carbocycles. The summed E-state index contributed by atoms with van der Waals surface area (Å²) in [4.78, 5) is 11.7. The molecular formula is C18H19FN2O3. The van der Waals surface area contributed by atoms with Crippen molar-refractivity contribution in [2.24, 2.45) is 5.10 Å². The number of amides is 1. The Kier molecular flexibility index (Phi) is 6.76. The van der Waals surface area contributed by atoms with E-state index in [1.54, 1.807) is 0 Å².